The van der Waals surface area contributed by atoms with Crippen molar-refractivity contribution < 1.29 is 9.53 Å². The van der Waals surface area contributed by atoms with E-state index in [1.807, 2.05) is 25.7 Å². The van der Waals surface area contributed by atoms with Crippen molar-refractivity contribution in [1.82, 2.24) is 10.2 Å². The fourth-order valence-electron chi connectivity index (χ4n) is 4.72. The van der Waals surface area contributed by atoms with Crippen LogP contribution in [0.15, 0.2) is 54.6 Å². The zero-order valence-corrected chi connectivity index (χ0v) is 16.7. The lowest BCUT2D eigenvalue weighted by atomic mass is 9.64. The van der Waals surface area contributed by atoms with Gasteiger partial charge in [0.25, 0.3) is 0 Å². The van der Waals surface area contributed by atoms with Crippen molar-refractivity contribution >= 4 is 27.6 Å². The number of hydrogen-bond acceptors (Lipinski definition) is 3. The van der Waals surface area contributed by atoms with Crippen molar-refractivity contribution in [3.63, 3.8) is 0 Å². The topological polar surface area (TPSA) is 41.6 Å². The molecule has 1 amide bonds. The highest BCUT2D eigenvalue weighted by Crippen LogP contribution is 2.50. The monoisotopic (exact) mass is 374 g/mol. The molecular weight excluding hydrogens is 348 g/mol. The molecule has 0 aliphatic carbocycles. The van der Waals surface area contributed by atoms with Crippen molar-refractivity contribution in [2.75, 3.05) is 19.6 Å². The lowest BCUT2D eigenvalue weighted by molar-refractivity contribution is -0.0851. The molecule has 2 aliphatic rings. The molecule has 0 saturated carbocycles. The summed E-state index contributed by atoms with van der Waals surface area (Å²) in [5, 5.41) is 8.79. The predicted octanol–water partition coefficient (Wildman–Crippen LogP) is 4.87. The summed E-state index contributed by atoms with van der Waals surface area (Å²) >= 11 is 0. The van der Waals surface area contributed by atoms with Crippen LogP contribution in [0.2, 0.25) is 0 Å². The van der Waals surface area contributed by atoms with Gasteiger partial charge in [-0.1, -0.05) is 48.5 Å². The molecule has 2 heterocycles. The number of rotatable bonds is 1. The van der Waals surface area contributed by atoms with Crippen LogP contribution in [0.3, 0.4) is 0 Å². The molecule has 2 fully saturated rings. The van der Waals surface area contributed by atoms with Crippen LogP contribution in [0.25, 0.3) is 21.5 Å². The number of benzene rings is 3. The Morgan fingerprint density at radius 2 is 1.68 bits per heavy atom. The normalized spacial score (nSPS) is 20.8. The molecule has 4 nitrogen and oxygen atoms in total. The lowest BCUT2D eigenvalue weighted by Crippen LogP contribution is -2.73. The van der Waals surface area contributed by atoms with E-state index in [0.29, 0.717) is 0 Å². The molecule has 28 heavy (non-hydrogen) atoms. The minimum atomic E-state index is -0.453. The first-order valence-electron chi connectivity index (χ1n) is 9.98. The Morgan fingerprint density at radius 3 is 2.32 bits per heavy atom. The molecule has 2 saturated heterocycles. The summed E-state index contributed by atoms with van der Waals surface area (Å²) < 4.78 is 5.54. The largest absolute Gasteiger partial charge is 0.444 e. The van der Waals surface area contributed by atoms with Crippen LogP contribution in [-0.2, 0) is 4.74 Å². The van der Waals surface area contributed by atoms with E-state index < -0.39 is 5.60 Å². The van der Waals surface area contributed by atoms with Crippen LogP contribution in [0, 0.1) is 5.41 Å². The van der Waals surface area contributed by atoms with Gasteiger partial charge < -0.3 is 15.0 Å². The van der Waals surface area contributed by atoms with Gasteiger partial charge >= 0.3 is 6.09 Å². The second-order valence-corrected chi connectivity index (χ2v) is 9.25. The SMILES string of the molecule is CC(C)(C)OC(=O)N1CC2(CN[C@@H]2c2cc3ccccc3c3ccccc23)C1. The van der Waals surface area contributed by atoms with E-state index in [1.165, 1.54) is 27.1 Å². The van der Waals surface area contributed by atoms with Gasteiger partial charge in [-0.3, -0.25) is 0 Å². The molecule has 0 bridgehead atoms. The van der Waals surface area contributed by atoms with Crippen LogP contribution in [-0.4, -0.2) is 36.2 Å². The summed E-state index contributed by atoms with van der Waals surface area (Å²) in [5.74, 6) is 0. The summed E-state index contributed by atoms with van der Waals surface area (Å²) in [5.41, 5.74) is 0.998. The number of nitrogens with zero attached hydrogens (tertiary/aromatic N) is 1. The second-order valence-electron chi connectivity index (χ2n) is 9.25. The summed E-state index contributed by atoms with van der Waals surface area (Å²) in [6.45, 7) is 8.18. The Labute approximate surface area is 165 Å². The summed E-state index contributed by atoms with van der Waals surface area (Å²) in [7, 11) is 0. The fraction of sp³-hybridized carbons (Fsp3) is 0.375. The van der Waals surface area contributed by atoms with Crippen LogP contribution in [0.1, 0.15) is 32.4 Å². The maximum atomic E-state index is 12.4. The van der Waals surface area contributed by atoms with Gasteiger partial charge in [0, 0.05) is 31.1 Å². The minimum absolute atomic E-state index is 0.113. The minimum Gasteiger partial charge on any atom is -0.444 e. The van der Waals surface area contributed by atoms with E-state index in [9.17, 15) is 4.79 Å². The van der Waals surface area contributed by atoms with Gasteiger partial charge in [0.1, 0.15) is 5.60 Å². The third kappa shape index (κ3) is 2.67. The molecule has 0 radical (unpaired) electrons. The van der Waals surface area contributed by atoms with E-state index >= 15 is 0 Å². The number of ether oxygens (including phenoxy) is 1. The van der Waals surface area contributed by atoms with Crippen LogP contribution >= 0.6 is 0 Å². The quantitative estimate of drug-likeness (QED) is 0.618. The molecule has 0 aromatic heterocycles. The molecule has 1 atom stereocenters. The van der Waals surface area contributed by atoms with Gasteiger partial charge in [0.15, 0.2) is 0 Å². The molecular formula is C24H26N2O2. The molecule has 1 spiro atoms. The van der Waals surface area contributed by atoms with Gasteiger partial charge in [-0.25, -0.2) is 4.79 Å². The molecule has 5 rings (SSSR count). The highest BCUT2D eigenvalue weighted by atomic mass is 16.6. The third-order valence-corrected chi connectivity index (χ3v) is 6.04. The maximum Gasteiger partial charge on any atom is 0.410 e. The van der Waals surface area contributed by atoms with Gasteiger partial charge in [-0.2, -0.15) is 0 Å². The number of likely N-dealkylation sites (tertiary alicyclic amines) is 1. The van der Waals surface area contributed by atoms with Crippen molar-refractivity contribution in [1.29, 1.82) is 0 Å². The van der Waals surface area contributed by atoms with Gasteiger partial charge in [0.2, 0.25) is 0 Å². The van der Waals surface area contributed by atoms with Gasteiger partial charge in [0.05, 0.1) is 0 Å². The van der Waals surface area contributed by atoms with Crippen LogP contribution < -0.4 is 5.32 Å². The van der Waals surface area contributed by atoms with Crippen LogP contribution in [0.4, 0.5) is 4.79 Å². The first-order valence-corrected chi connectivity index (χ1v) is 9.98. The molecule has 0 unspecified atom stereocenters. The number of carbonyl (C=O) groups is 1. The zero-order chi connectivity index (χ0) is 19.5. The Balaban J connectivity index is 1.47. The van der Waals surface area contributed by atoms with E-state index in [-0.39, 0.29) is 17.6 Å². The van der Waals surface area contributed by atoms with Gasteiger partial charge in [-0.15, -0.1) is 0 Å². The average Bonchev–Trinajstić information content (AvgIpc) is 2.58. The Hall–Kier alpha value is -2.59. The molecule has 2 aliphatic heterocycles. The fourth-order valence-corrected chi connectivity index (χ4v) is 4.72. The Kier molecular flexibility index (Phi) is 3.72. The number of fused-ring (bicyclic) bond motifs is 3. The van der Waals surface area contributed by atoms with Crippen molar-refractivity contribution in [2.45, 2.75) is 32.4 Å². The van der Waals surface area contributed by atoms with E-state index in [1.54, 1.807) is 0 Å². The second kappa shape index (κ2) is 5.95. The van der Waals surface area contributed by atoms with Crippen molar-refractivity contribution in [3.8, 4) is 0 Å². The smallest absolute Gasteiger partial charge is 0.410 e. The number of carbonyl (C=O) groups excluding carboxylic acids is 1. The van der Waals surface area contributed by atoms with Crippen LogP contribution in [0.5, 0.6) is 0 Å². The molecule has 144 valence electrons. The summed E-state index contributed by atoms with van der Waals surface area (Å²) in [4.78, 5) is 14.2. The molecule has 1 N–H and O–H groups in total. The summed E-state index contributed by atoms with van der Waals surface area (Å²) in [6, 6.07) is 19.8. The summed E-state index contributed by atoms with van der Waals surface area (Å²) in [6.07, 6.45) is -0.202. The Morgan fingerprint density at radius 1 is 1.04 bits per heavy atom. The molecule has 3 aromatic rings. The van der Waals surface area contributed by atoms with Crippen molar-refractivity contribution in [2.24, 2.45) is 5.41 Å². The standard InChI is InChI=1S/C24H26N2O2/c1-23(2,3)28-22(27)26-14-24(15-26)13-25-21(24)20-12-16-8-4-5-9-17(16)18-10-6-7-11-19(18)20/h4-12,21,25H,13-15H2,1-3H3/t21-/m1/s1. The first kappa shape index (κ1) is 17.5. The maximum absolute atomic E-state index is 12.4. The molecule has 3 aromatic carbocycles. The Bertz CT molecular complexity index is 1080. The predicted molar refractivity (Wildman–Crippen MR) is 112 cm³/mol. The first-order chi connectivity index (χ1) is 13.4. The number of nitrogens with one attached hydrogen (secondary N) is 1. The van der Waals surface area contributed by atoms with E-state index in [4.69, 9.17) is 4.74 Å². The third-order valence-electron chi connectivity index (χ3n) is 6.04. The lowest BCUT2D eigenvalue weighted by Gasteiger charge is -2.60. The molecule has 4 heteroatoms. The number of hydrogen-bond donors (Lipinski definition) is 1. The van der Waals surface area contributed by atoms with E-state index in [2.05, 4.69) is 59.9 Å². The highest BCUT2D eigenvalue weighted by molar-refractivity contribution is 6.09. The average molecular weight is 374 g/mol. The highest BCUT2D eigenvalue weighted by Gasteiger charge is 2.57. The number of amides is 1. The van der Waals surface area contributed by atoms with Gasteiger partial charge in [-0.05, 0) is 53.9 Å². The van der Waals surface area contributed by atoms with E-state index in [0.717, 1.165) is 19.6 Å². The van der Waals surface area contributed by atoms with Crippen molar-refractivity contribution in [3.05, 3.63) is 60.2 Å². The zero-order valence-electron chi connectivity index (χ0n) is 16.7.